The quantitative estimate of drug-likeness (QED) is 0.415. The van der Waals surface area contributed by atoms with Crippen LogP contribution in [0.25, 0.3) is 11.4 Å². The lowest BCUT2D eigenvalue weighted by Gasteiger charge is -2.14. The summed E-state index contributed by atoms with van der Waals surface area (Å²) in [5.41, 5.74) is 1.13. The van der Waals surface area contributed by atoms with Crippen molar-refractivity contribution >= 4 is 46.6 Å². The van der Waals surface area contributed by atoms with Crippen molar-refractivity contribution < 1.29 is 19.0 Å². The van der Waals surface area contributed by atoms with E-state index in [9.17, 15) is 4.79 Å². The Bertz CT molecular complexity index is 1080. The minimum absolute atomic E-state index is 0.106. The third-order valence-electron chi connectivity index (χ3n) is 4.52. The van der Waals surface area contributed by atoms with Gasteiger partial charge in [0.05, 0.1) is 42.8 Å². The van der Waals surface area contributed by atoms with E-state index in [4.69, 9.17) is 37.4 Å². The topological polar surface area (TPSA) is 87.5 Å². The van der Waals surface area contributed by atoms with Crippen LogP contribution in [0, 0.1) is 0 Å². The summed E-state index contributed by atoms with van der Waals surface area (Å²) in [4.78, 5) is 12.5. The molecule has 0 saturated heterocycles. The van der Waals surface area contributed by atoms with Crippen molar-refractivity contribution in [1.29, 1.82) is 0 Å². The number of methoxy groups -OCH3 is 3. The lowest BCUT2D eigenvalue weighted by Crippen LogP contribution is -2.15. The summed E-state index contributed by atoms with van der Waals surface area (Å²) >= 11 is 13.5. The van der Waals surface area contributed by atoms with Crippen molar-refractivity contribution in [2.45, 2.75) is 18.6 Å². The first-order chi connectivity index (χ1) is 15.4. The summed E-state index contributed by atoms with van der Waals surface area (Å²) in [5.74, 6) is 1.98. The second-order valence-electron chi connectivity index (χ2n) is 6.40. The predicted molar refractivity (Wildman–Crippen MR) is 127 cm³/mol. The number of ether oxygens (including phenoxy) is 3. The summed E-state index contributed by atoms with van der Waals surface area (Å²) in [6.07, 6.45) is 0. The number of thioether (sulfide) groups is 1. The lowest BCUT2D eigenvalue weighted by molar-refractivity contribution is -0.113. The number of carbonyl (C=O) groups is 1. The van der Waals surface area contributed by atoms with Gasteiger partial charge in [-0.2, -0.15) is 0 Å². The van der Waals surface area contributed by atoms with Crippen molar-refractivity contribution in [3.63, 3.8) is 0 Å². The van der Waals surface area contributed by atoms with Crippen LogP contribution in [0.15, 0.2) is 35.5 Å². The Morgan fingerprint density at radius 2 is 1.69 bits per heavy atom. The molecule has 32 heavy (non-hydrogen) atoms. The van der Waals surface area contributed by atoms with Crippen molar-refractivity contribution in [1.82, 2.24) is 14.8 Å². The Hall–Kier alpha value is -2.62. The zero-order valence-electron chi connectivity index (χ0n) is 17.9. The molecule has 8 nitrogen and oxygen atoms in total. The maximum Gasteiger partial charge on any atom is 0.234 e. The van der Waals surface area contributed by atoms with Gasteiger partial charge in [0.2, 0.25) is 11.7 Å². The summed E-state index contributed by atoms with van der Waals surface area (Å²) < 4.78 is 18.2. The molecule has 0 aliphatic rings. The molecule has 3 rings (SSSR count). The van der Waals surface area contributed by atoms with Gasteiger partial charge in [-0.05, 0) is 31.2 Å². The van der Waals surface area contributed by atoms with Gasteiger partial charge in [0.1, 0.15) is 0 Å². The van der Waals surface area contributed by atoms with E-state index >= 15 is 0 Å². The van der Waals surface area contributed by atoms with Crippen molar-refractivity contribution in [2.24, 2.45) is 0 Å². The second-order valence-corrected chi connectivity index (χ2v) is 8.15. The standard InChI is InChI=1S/C21H22Cl2N4O4S/c1-5-27-20(12-9-15(29-2)19(31-4)16(10-12)30-3)25-26-21(27)32-11-17(28)24-18-13(22)7-6-8-14(18)23/h6-10H,5,11H2,1-4H3,(H,24,28). The third-order valence-corrected chi connectivity index (χ3v) is 6.11. The Morgan fingerprint density at radius 1 is 1.06 bits per heavy atom. The molecule has 11 heteroatoms. The number of hydrogen-bond donors (Lipinski definition) is 1. The van der Waals surface area contributed by atoms with Gasteiger partial charge >= 0.3 is 0 Å². The molecule has 0 bridgehead atoms. The number of nitrogens with zero attached hydrogens (tertiary/aromatic N) is 3. The third kappa shape index (κ3) is 5.06. The van der Waals surface area contributed by atoms with Crippen molar-refractivity contribution in [3.8, 4) is 28.6 Å². The van der Waals surface area contributed by atoms with E-state index in [1.807, 2.05) is 11.5 Å². The highest BCUT2D eigenvalue weighted by Gasteiger charge is 2.20. The number of carbonyl (C=O) groups excluding carboxylic acids is 1. The first kappa shape index (κ1) is 24.0. The Morgan fingerprint density at radius 3 is 2.22 bits per heavy atom. The highest BCUT2D eigenvalue weighted by atomic mass is 35.5. The smallest absolute Gasteiger partial charge is 0.234 e. The minimum Gasteiger partial charge on any atom is -0.493 e. The van der Waals surface area contributed by atoms with E-state index in [0.29, 0.717) is 50.5 Å². The number of nitrogens with one attached hydrogen (secondary N) is 1. The van der Waals surface area contributed by atoms with Crippen LogP contribution in [0.3, 0.4) is 0 Å². The fourth-order valence-corrected chi connectivity index (χ4v) is 4.32. The number of hydrogen-bond acceptors (Lipinski definition) is 7. The van der Waals surface area contributed by atoms with Gasteiger partial charge in [-0.3, -0.25) is 4.79 Å². The molecule has 0 aliphatic heterocycles. The molecule has 0 unspecified atom stereocenters. The Balaban J connectivity index is 1.82. The molecule has 1 aromatic heterocycles. The van der Waals surface area contributed by atoms with Gasteiger partial charge in [0, 0.05) is 12.1 Å². The first-order valence-corrected chi connectivity index (χ1v) is 11.3. The first-order valence-electron chi connectivity index (χ1n) is 9.53. The normalized spacial score (nSPS) is 10.7. The van der Waals surface area contributed by atoms with Crippen LogP contribution in [-0.4, -0.2) is 47.8 Å². The number of rotatable bonds is 9. The maximum atomic E-state index is 12.5. The zero-order valence-corrected chi connectivity index (χ0v) is 20.3. The molecule has 170 valence electrons. The molecule has 2 aromatic carbocycles. The van der Waals surface area contributed by atoms with Crippen molar-refractivity contribution in [2.75, 3.05) is 32.4 Å². The minimum atomic E-state index is -0.259. The fraction of sp³-hybridized carbons (Fsp3) is 0.286. The van der Waals surface area contributed by atoms with Crippen LogP contribution >= 0.6 is 35.0 Å². The predicted octanol–water partition coefficient (Wildman–Crippen LogP) is 5.03. The average molecular weight is 497 g/mol. The molecular weight excluding hydrogens is 475 g/mol. The van der Waals surface area contributed by atoms with Gasteiger partial charge < -0.3 is 24.1 Å². The number of halogens is 2. The molecule has 0 spiro atoms. The zero-order chi connectivity index (χ0) is 23.3. The van der Waals surface area contributed by atoms with Gasteiger partial charge in [0.25, 0.3) is 0 Å². The molecule has 1 N–H and O–H groups in total. The summed E-state index contributed by atoms with van der Waals surface area (Å²) in [5, 5.41) is 12.7. The SMILES string of the molecule is CCn1c(SCC(=O)Nc2c(Cl)cccc2Cl)nnc1-c1cc(OC)c(OC)c(OC)c1. The number of aromatic nitrogens is 3. The van der Waals surface area contributed by atoms with E-state index in [-0.39, 0.29) is 11.7 Å². The molecule has 0 atom stereocenters. The van der Waals surface area contributed by atoms with Crippen LogP contribution in [0.2, 0.25) is 10.0 Å². The van der Waals surface area contributed by atoms with Crippen LogP contribution in [0.4, 0.5) is 5.69 Å². The Kier molecular flexibility index (Phi) is 8.11. The molecular formula is C21H22Cl2N4O4S. The summed E-state index contributed by atoms with van der Waals surface area (Å²) in [6, 6.07) is 8.64. The highest BCUT2D eigenvalue weighted by molar-refractivity contribution is 7.99. The van der Waals surface area contributed by atoms with Crippen LogP contribution in [0.1, 0.15) is 6.92 Å². The second kappa shape index (κ2) is 10.8. The number of anilines is 1. The molecule has 0 aliphatic carbocycles. The lowest BCUT2D eigenvalue weighted by atomic mass is 10.1. The van der Waals surface area contributed by atoms with Crippen LogP contribution < -0.4 is 19.5 Å². The van der Waals surface area contributed by atoms with Gasteiger partial charge in [-0.1, -0.05) is 41.0 Å². The molecule has 1 amide bonds. The molecule has 0 radical (unpaired) electrons. The van der Waals surface area contributed by atoms with E-state index in [1.54, 1.807) is 51.7 Å². The molecule has 3 aromatic rings. The average Bonchev–Trinajstić information content (AvgIpc) is 3.22. The van der Waals surface area contributed by atoms with Crippen molar-refractivity contribution in [3.05, 3.63) is 40.4 Å². The fourth-order valence-electron chi connectivity index (χ4n) is 3.03. The van der Waals surface area contributed by atoms with Gasteiger partial charge in [-0.25, -0.2) is 0 Å². The molecule has 0 saturated carbocycles. The number of amides is 1. The number of benzene rings is 2. The van der Waals surface area contributed by atoms with E-state index in [0.717, 1.165) is 5.56 Å². The van der Waals surface area contributed by atoms with E-state index in [2.05, 4.69) is 15.5 Å². The maximum absolute atomic E-state index is 12.5. The van der Waals surface area contributed by atoms with E-state index < -0.39 is 0 Å². The number of para-hydroxylation sites is 1. The monoisotopic (exact) mass is 496 g/mol. The van der Waals surface area contributed by atoms with Crippen LogP contribution in [0.5, 0.6) is 17.2 Å². The van der Waals surface area contributed by atoms with Gasteiger partial charge in [-0.15, -0.1) is 10.2 Å². The molecule has 0 fully saturated rings. The van der Waals surface area contributed by atoms with Gasteiger partial charge in [0.15, 0.2) is 22.5 Å². The van der Waals surface area contributed by atoms with E-state index in [1.165, 1.54) is 11.8 Å². The van der Waals surface area contributed by atoms with Crippen LogP contribution in [-0.2, 0) is 11.3 Å². The summed E-state index contributed by atoms with van der Waals surface area (Å²) in [6.45, 7) is 2.57. The highest BCUT2D eigenvalue weighted by Crippen LogP contribution is 2.41. The Labute approximate surface area is 200 Å². The largest absolute Gasteiger partial charge is 0.493 e. The molecule has 1 heterocycles. The summed E-state index contributed by atoms with van der Waals surface area (Å²) in [7, 11) is 4.65.